The fourth-order valence-electron chi connectivity index (χ4n) is 2.19. The molecule has 0 aliphatic rings. The highest BCUT2D eigenvalue weighted by molar-refractivity contribution is 14.1. The summed E-state index contributed by atoms with van der Waals surface area (Å²) in [5.74, 6) is 1.14. The second kappa shape index (κ2) is 5.84. The number of halogens is 2. The molecule has 2 heterocycles. The SMILES string of the molecule is CCc1nc(-c2ccc(Br)c3cccnc23)nc(N)c1I. The molecule has 0 aliphatic carbocycles. The predicted octanol–water partition coefficient (Wildman–Crippen LogP) is 4.20. The van der Waals surface area contributed by atoms with E-state index >= 15 is 0 Å². The number of benzene rings is 1. The molecule has 0 atom stereocenters. The lowest BCUT2D eigenvalue weighted by atomic mass is 10.1. The first-order chi connectivity index (χ1) is 10.1. The highest BCUT2D eigenvalue weighted by atomic mass is 127. The molecule has 2 aromatic heterocycles. The summed E-state index contributed by atoms with van der Waals surface area (Å²) >= 11 is 5.74. The Kier molecular flexibility index (Phi) is 4.08. The van der Waals surface area contributed by atoms with Crippen LogP contribution in [0.5, 0.6) is 0 Å². The summed E-state index contributed by atoms with van der Waals surface area (Å²) in [5.41, 5.74) is 8.75. The summed E-state index contributed by atoms with van der Waals surface area (Å²) in [6.07, 6.45) is 2.59. The molecule has 0 saturated carbocycles. The summed E-state index contributed by atoms with van der Waals surface area (Å²) in [4.78, 5) is 13.6. The summed E-state index contributed by atoms with van der Waals surface area (Å²) in [7, 11) is 0. The minimum atomic E-state index is 0.518. The molecular weight excluding hydrogens is 443 g/mol. The molecule has 0 spiro atoms. The van der Waals surface area contributed by atoms with Crippen LogP contribution < -0.4 is 5.73 Å². The van der Waals surface area contributed by atoms with Gasteiger partial charge in [0, 0.05) is 21.6 Å². The van der Waals surface area contributed by atoms with Crippen molar-refractivity contribution >= 4 is 55.2 Å². The smallest absolute Gasteiger partial charge is 0.164 e. The average molecular weight is 455 g/mol. The third kappa shape index (κ3) is 2.62. The van der Waals surface area contributed by atoms with Crippen molar-refractivity contribution in [3.63, 3.8) is 0 Å². The minimum absolute atomic E-state index is 0.518. The van der Waals surface area contributed by atoms with Gasteiger partial charge in [-0.2, -0.15) is 0 Å². The number of pyridine rings is 1. The molecule has 1 aromatic carbocycles. The first kappa shape index (κ1) is 14.6. The number of nitrogen functional groups attached to an aromatic ring is 1. The van der Waals surface area contributed by atoms with E-state index in [1.165, 1.54) is 0 Å². The molecule has 2 N–H and O–H groups in total. The molecule has 106 valence electrons. The molecule has 6 heteroatoms. The van der Waals surface area contributed by atoms with Crippen molar-refractivity contribution in [1.82, 2.24) is 15.0 Å². The van der Waals surface area contributed by atoms with Gasteiger partial charge < -0.3 is 5.73 Å². The molecule has 0 radical (unpaired) electrons. The second-order valence-electron chi connectivity index (χ2n) is 4.54. The second-order valence-corrected chi connectivity index (χ2v) is 6.47. The monoisotopic (exact) mass is 454 g/mol. The Morgan fingerprint density at radius 3 is 2.81 bits per heavy atom. The molecule has 0 bridgehead atoms. The van der Waals surface area contributed by atoms with E-state index < -0.39 is 0 Å². The van der Waals surface area contributed by atoms with Gasteiger partial charge in [0.1, 0.15) is 5.82 Å². The standard InChI is InChI=1S/C15H12BrIN4/c1-2-11-12(17)14(18)21-15(20-11)9-5-6-10(16)8-4-3-7-19-13(8)9/h3-7H,2H2,1H3,(H2,18,20,21). The zero-order valence-electron chi connectivity index (χ0n) is 11.3. The van der Waals surface area contributed by atoms with E-state index in [-0.39, 0.29) is 0 Å². The average Bonchev–Trinajstić information content (AvgIpc) is 2.51. The normalized spacial score (nSPS) is 11.0. The number of fused-ring (bicyclic) bond motifs is 1. The van der Waals surface area contributed by atoms with Crippen LogP contribution in [-0.4, -0.2) is 15.0 Å². The highest BCUT2D eigenvalue weighted by Gasteiger charge is 2.14. The molecule has 0 aliphatic heterocycles. The van der Waals surface area contributed by atoms with E-state index in [2.05, 4.69) is 60.4 Å². The van der Waals surface area contributed by atoms with Crippen molar-refractivity contribution in [2.24, 2.45) is 0 Å². The van der Waals surface area contributed by atoms with Gasteiger partial charge in [0.25, 0.3) is 0 Å². The van der Waals surface area contributed by atoms with E-state index in [0.717, 1.165) is 36.6 Å². The first-order valence-corrected chi connectivity index (χ1v) is 8.34. The highest BCUT2D eigenvalue weighted by Crippen LogP contribution is 2.31. The Labute approximate surface area is 144 Å². The molecule has 21 heavy (non-hydrogen) atoms. The largest absolute Gasteiger partial charge is 0.383 e. The van der Waals surface area contributed by atoms with Crippen LogP contribution in [0.2, 0.25) is 0 Å². The maximum absolute atomic E-state index is 6.02. The van der Waals surface area contributed by atoms with Crippen molar-refractivity contribution in [1.29, 1.82) is 0 Å². The number of nitrogens with two attached hydrogens (primary N) is 1. The van der Waals surface area contributed by atoms with Gasteiger partial charge in [-0.05, 0) is 47.2 Å². The van der Waals surface area contributed by atoms with E-state index in [1.807, 2.05) is 24.3 Å². The zero-order valence-corrected chi connectivity index (χ0v) is 15.0. The van der Waals surface area contributed by atoms with Crippen molar-refractivity contribution in [2.45, 2.75) is 13.3 Å². The van der Waals surface area contributed by atoms with E-state index in [9.17, 15) is 0 Å². The molecule has 0 saturated heterocycles. The third-order valence-electron chi connectivity index (χ3n) is 3.24. The molecule has 0 fully saturated rings. The molecule has 4 nitrogen and oxygen atoms in total. The minimum Gasteiger partial charge on any atom is -0.383 e. The van der Waals surface area contributed by atoms with Crippen molar-refractivity contribution in [3.05, 3.63) is 44.2 Å². The third-order valence-corrected chi connectivity index (χ3v) is 5.10. The Morgan fingerprint density at radius 1 is 1.24 bits per heavy atom. The number of aryl methyl sites for hydroxylation is 1. The molecule has 3 aromatic rings. The van der Waals surface area contributed by atoms with Gasteiger partial charge in [-0.15, -0.1) is 0 Å². The topological polar surface area (TPSA) is 64.7 Å². The number of aromatic nitrogens is 3. The Hall–Kier alpha value is -1.28. The van der Waals surface area contributed by atoms with Crippen LogP contribution in [0.25, 0.3) is 22.3 Å². The van der Waals surface area contributed by atoms with Gasteiger partial charge in [-0.1, -0.05) is 28.9 Å². The van der Waals surface area contributed by atoms with Crippen LogP contribution in [0, 0.1) is 3.57 Å². The Morgan fingerprint density at radius 2 is 2.05 bits per heavy atom. The van der Waals surface area contributed by atoms with Crippen molar-refractivity contribution in [3.8, 4) is 11.4 Å². The predicted molar refractivity (Wildman–Crippen MR) is 97.0 cm³/mol. The Bertz CT molecular complexity index is 835. The Balaban J connectivity index is 2.31. The van der Waals surface area contributed by atoms with Crippen molar-refractivity contribution in [2.75, 3.05) is 5.73 Å². The van der Waals surface area contributed by atoms with Crippen LogP contribution in [0.1, 0.15) is 12.6 Å². The fourth-order valence-corrected chi connectivity index (χ4v) is 3.26. The number of rotatable bonds is 2. The zero-order chi connectivity index (χ0) is 15.0. The number of anilines is 1. The number of nitrogens with zero attached hydrogens (tertiary/aromatic N) is 3. The summed E-state index contributed by atoms with van der Waals surface area (Å²) in [5, 5.41) is 1.04. The fraction of sp³-hybridized carbons (Fsp3) is 0.133. The molecule has 0 amide bonds. The van der Waals surface area contributed by atoms with Crippen LogP contribution in [0.4, 0.5) is 5.82 Å². The quantitative estimate of drug-likeness (QED) is 0.589. The lowest BCUT2D eigenvalue weighted by Crippen LogP contribution is -2.04. The van der Waals surface area contributed by atoms with E-state index in [1.54, 1.807) is 6.20 Å². The van der Waals surface area contributed by atoms with Gasteiger partial charge in [0.15, 0.2) is 5.82 Å². The number of hydrogen-bond donors (Lipinski definition) is 1. The summed E-state index contributed by atoms with van der Waals surface area (Å²) in [6, 6.07) is 7.90. The lowest BCUT2D eigenvalue weighted by Gasteiger charge is -2.10. The van der Waals surface area contributed by atoms with Crippen LogP contribution >= 0.6 is 38.5 Å². The summed E-state index contributed by atoms with van der Waals surface area (Å²) in [6.45, 7) is 2.06. The van der Waals surface area contributed by atoms with E-state index in [4.69, 9.17) is 5.73 Å². The first-order valence-electron chi connectivity index (χ1n) is 6.47. The molecule has 3 rings (SSSR count). The van der Waals surface area contributed by atoms with Crippen LogP contribution in [-0.2, 0) is 6.42 Å². The van der Waals surface area contributed by atoms with Crippen LogP contribution in [0.15, 0.2) is 34.9 Å². The number of hydrogen-bond acceptors (Lipinski definition) is 4. The van der Waals surface area contributed by atoms with Gasteiger partial charge in [-0.25, -0.2) is 9.97 Å². The van der Waals surface area contributed by atoms with E-state index in [0.29, 0.717) is 11.6 Å². The maximum atomic E-state index is 6.02. The molecular formula is C15H12BrIN4. The maximum Gasteiger partial charge on any atom is 0.164 e. The molecule has 0 unspecified atom stereocenters. The lowest BCUT2D eigenvalue weighted by molar-refractivity contribution is 0.995. The van der Waals surface area contributed by atoms with Gasteiger partial charge >= 0.3 is 0 Å². The summed E-state index contributed by atoms with van der Waals surface area (Å²) < 4.78 is 1.93. The van der Waals surface area contributed by atoms with Gasteiger partial charge in [-0.3, -0.25) is 4.98 Å². The van der Waals surface area contributed by atoms with Gasteiger partial charge in [0.05, 0.1) is 14.8 Å². The van der Waals surface area contributed by atoms with Crippen LogP contribution in [0.3, 0.4) is 0 Å². The van der Waals surface area contributed by atoms with Gasteiger partial charge in [0.2, 0.25) is 0 Å². The van der Waals surface area contributed by atoms with Crippen molar-refractivity contribution < 1.29 is 0 Å².